The number of carbonyl (C=O) groups excluding carboxylic acids is 1. The van der Waals surface area contributed by atoms with Crippen molar-refractivity contribution in [2.75, 3.05) is 0 Å². The van der Waals surface area contributed by atoms with Gasteiger partial charge in [0.1, 0.15) is 11.8 Å². The molecule has 1 heterocycles. The van der Waals surface area contributed by atoms with Gasteiger partial charge in [-0.15, -0.1) is 0 Å². The zero-order valence-corrected chi connectivity index (χ0v) is 19.0. The molecular formula is C27H33N3O2. The molecule has 2 aliphatic rings. The van der Waals surface area contributed by atoms with Crippen LogP contribution in [0.3, 0.4) is 0 Å². The van der Waals surface area contributed by atoms with Crippen LogP contribution < -0.4 is 4.74 Å². The van der Waals surface area contributed by atoms with Gasteiger partial charge in [0.15, 0.2) is 5.82 Å². The van der Waals surface area contributed by atoms with Crippen LogP contribution in [0, 0.1) is 35.0 Å². The van der Waals surface area contributed by atoms with E-state index in [1.54, 1.807) is 12.1 Å². The molecule has 168 valence electrons. The lowest BCUT2D eigenvalue weighted by Crippen LogP contribution is -2.30. The zero-order valence-electron chi connectivity index (χ0n) is 19.0. The van der Waals surface area contributed by atoms with E-state index in [0.29, 0.717) is 17.1 Å². The van der Waals surface area contributed by atoms with Crippen molar-refractivity contribution in [2.45, 2.75) is 71.1 Å². The molecule has 5 heteroatoms. The maximum absolute atomic E-state index is 12.7. The highest BCUT2D eigenvalue weighted by Gasteiger charge is 2.33. The van der Waals surface area contributed by atoms with Gasteiger partial charge in [-0.25, -0.2) is 9.97 Å². The van der Waals surface area contributed by atoms with Gasteiger partial charge in [0.2, 0.25) is 0 Å². The first-order valence-corrected chi connectivity index (χ1v) is 12.2. The highest BCUT2D eigenvalue weighted by molar-refractivity contribution is 5.75. The Bertz CT molecular complexity index is 917. The average Bonchev–Trinajstić information content (AvgIpc) is 2.85. The molecule has 0 atom stereocenters. The van der Waals surface area contributed by atoms with Crippen LogP contribution in [0.2, 0.25) is 0 Å². The first-order chi connectivity index (χ1) is 15.7. The van der Waals surface area contributed by atoms with Crippen LogP contribution in [0.5, 0.6) is 5.75 Å². The second-order valence-corrected chi connectivity index (χ2v) is 9.53. The SMILES string of the molecule is CCCC1CCC(C2CCC(C(=O)Oc3ccc(-c4ncc(C#N)cn4)cc3)CC2)CC1. The maximum atomic E-state index is 12.7. The van der Waals surface area contributed by atoms with Crippen LogP contribution in [0.4, 0.5) is 0 Å². The maximum Gasteiger partial charge on any atom is 0.314 e. The van der Waals surface area contributed by atoms with Crippen LogP contribution in [0.15, 0.2) is 36.7 Å². The first kappa shape index (κ1) is 22.5. The molecule has 2 aromatic rings. The molecule has 1 aromatic carbocycles. The van der Waals surface area contributed by atoms with Crippen LogP contribution in [-0.4, -0.2) is 15.9 Å². The van der Waals surface area contributed by atoms with Crippen molar-refractivity contribution in [1.29, 1.82) is 5.26 Å². The fraction of sp³-hybridized carbons (Fsp3) is 0.556. The Kier molecular flexibility index (Phi) is 7.52. The second kappa shape index (κ2) is 10.7. The third kappa shape index (κ3) is 5.54. The number of ether oxygens (including phenoxy) is 1. The molecule has 32 heavy (non-hydrogen) atoms. The molecule has 0 bridgehead atoms. The standard InChI is InChI=1S/C27H33N3O2/c1-2-3-19-4-6-21(7-5-19)22-8-10-24(11-9-22)27(31)32-25-14-12-23(13-15-25)26-29-17-20(16-28)18-30-26/h12-15,17-19,21-22,24H,2-11H2,1H3. The Labute approximate surface area is 191 Å². The average molecular weight is 432 g/mol. The monoisotopic (exact) mass is 431 g/mol. The number of nitrogens with zero attached hydrogens (tertiary/aromatic N) is 3. The summed E-state index contributed by atoms with van der Waals surface area (Å²) in [7, 11) is 0. The number of aromatic nitrogens is 2. The molecule has 0 aliphatic heterocycles. The molecule has 0 N–H and O–H groups in total. The van der Waals surface area contributed by atoms with Gasteiger partial charge in [-0.1, -0.05) is 32.6 Å². The Hall–Kier alpha value is -2.74. The van der Waals surface area contributed by atoms with Crippen molar-refractivity contribution in [3.63, 3.8) is 0 Å². The van der Waals surface area contributed by atoms with Gasteiger partial charge in [0.05, 0.1) is 11.5 Å². The van der Waals surface area contributed by atoms with E-state index >= 15 is 0 Å². The van der Waals surface area contributed by atoms with E-state index < -0.39 is 0 Å². The van der Waals surface area contributed by atoms with Crippen LogP contribution in [0.1, 0.15) is 76.7 Å². The Morgan fingerprint density at radius 3 is 2.12 bits per heavy atom. The Balaban J connectivity index is 1.25. The molecule has 0 unspecified atom stereocenters. The molecule has 0 radical (unpaired) electrons. The molecule has 0 spiro atoms. The number of nitriles is 1. The van der Waals surface area contributed by atoms with Gasteiger partial charge in [-0.3, -0.25) is 4.79 Å². The van der Waals surface area contributed by atoms with Gasteiger partial charge in [0, 0.05) is 18.0 Å². The van der Waals surface area contributed by atoms with E-state index in [0.717, 1.165) is 49.0 Å². The summed E-state index contributed by atoms with van der Waals surface area (Å²) in [6.07, 6.45) is 15.5. The molecule has 5 nitrogen and oxygen atoms in total. The third-order valence-electron chi connectivity index (χ3n) is 7.47. The first-order valence-electron chi connectivity index (χ1n) is 12.2. The second-order valence-electron chi connectivity index (χ2n) is 9.53. The Morgan fingerprint density at radius 1 is 0.969 bits per heavy atom. The largest absolute Gasteiger partial charge is 0.426 e. The van der Waals surface area contributed by atoms with E-state index in [2.05, 4.69) is 16.9 Å². The van der Waals surface area contributed by atoms with Gasteiger partial charge in [-0.05, 0) is 80.5 Å². The molecule has 1 aromatic heterocycles. The molecule has 0 saturated heterocycles. The number of benzene rings is 1. The normalized spacial score (nSPS) is 25.6. The summed E-state index contributed by atoms with van der Waals surface area (Å²) in [6, 6.07) is 9.27. The smallest absolute Gasteiger partial charge is 0.314 e. The summed E-state index contributed by atoms with van der Waals surface area (Å²) >= 11 is 0. The fourth-order valence-corrected chi connectivity index (χ4v) is 5.59. The van der Waals surface area contributed by atoms with E-state index in [4.69, 9.17) is 10.00 Å². The van der Waals surface area contributed by atoms with Crippen LogP contribution in [0.25, 0.3) is 11.4 Å². The van der Waals surface area contributed by atoms with E-state index in [9.17, 15) is 4.79 Å². The van der Waals surface area contributed by atoms with E-state index in [-0.39, 0.29) is 11.9 Å². The zero-order chi connectivity index (χ0) is 22.3. The Morgan fingerprint density at radius 2 is 1.56 bits per heavy atom. The number of hydrogen-bond donors (Lipinski definition) is 0. The number of carbonyl (C=O) groups is 1. The lowest BCUT2D eigenvalue weighted by molar-refractivity contribution is -0.140. The summed E-state index contributed by atoms with van der Waals surface area (Å²) in [5.74, 6) is 3.65. The number of hydrogen-bond acceptors (Lipinski definition) is 5. The van der Waals surface area contributed by atoms with Crippen molar-refractivity contribution in [3.05, 3.63) is 42.2 Å². The lowest BCUT2D eigenvalue weighted by atomic mass is 9.69. The van der Waals surface area contributed by atoms with Gasteiger partial charge in [-0.2, -0.15) is 5.26 Å². The van der Waals surface area contributed by atoms with Gasteiger partial charge >= 0.3 is 5.97 Å². The molecule has 2 fully saturated rings. The summed E-state index contributed by atoms with van der Waals surface area (Å²) in [6.45, 7) is 2.30. The molecule has 0 amide bonds. The highest BCUT2D eigenvalue weighted by Crippen LogP contribution is 2.42. The molecule has 2 saturated carbocycles. The van der Waals surface area contributed by atoms with E-state index in [1.165, 1.54) is 50.9 Å². The van der Waals surface area contributed by atoms with Crippen LogP contribution in [-0.2, 0) is 4.79 Å². The summed E-state index contributed by atoms with van der Waals surface area (Å²) in [4.78, 5) is 21.1. The van der Waals surface area contributed by atoms with Crippen LogP contribution >= 0.6 is 0 Å². The topological polar surface area (TPSA) is 75.9 Å². The van der Waals surface area contributed by atoms with Crippen molar-refractivity contribution in [2.24, 2.45) is 23.7 Å². The predicted molar refractivity (Wildman–Crippen MR) is 124 cm³/mol. The highest BCUT2D eigenvalue weighted by atomic mass is 16.5. The molecule has 4 rings (SSSR count). The predicted octanol–water partition coefficient (Wildman–Crippen LogP) is 6.33. The summed E-state index contributed by atoms with van der Waals surface area (Å²) in [5.41, 5.74) is 1.25. The summed E-state index contributed by atoms with van der Waals surface area (Å²) < 4.78 is 5.68. The minimum Gasteiger partial charge on any atom is -0.426 e. The van der Waals surface area contributed by atoms with Crippen molar-refractivity contribution in [1.82, 2.24) is 9.97 Å². The van der Waals surface area contributed by atoms with Gasteiger partial charge in [0.25, 0.3) is 0 Å². The third-order valence-corrected chi connectivity index (χ3v) is 7.47. The molecule has 2 aliphatic carbocycles. The van der Waals surface area contributed by atoms with Crippen molar-refractivity contribution in [3.8, 4) is 23.2 Å². The lowest BCUT2D eigenvalue weighted by Gasteiger charge is -2.37. The fourth-order valence-electron chi connectivity index (χ4n) is 5.59. The van der Waals surface area contributed by atoms with Crippen molar-refractivity contribution < 1.29 is 9.53 Å². The molecular weight excluding hydrogens is 398 g/mol. The number of rotatable bonds is 6. The van der Waals surface area contributed by atoms with E-state index in [1.807, 2.05) is 18.2 Å². The minimum atomic E-state index is -0.0996. The van der Waals surface area contributed by atoms with Crippen molar-refractivity contribution >= 4 is 5.97 Å². The minimum absolute atomic E-state index is 0.0178. The quantitative estimate of drug-likeness (QED) is 0.394. The van der Waals surface area contributed by atoms with Gasteiger partial charge < -0.3 is 4.74 Å². The summed E-state index contributed by atoms with van der Waals surface area (Å²) in [5, 5.41) is 8.86. The number of esters is 1.